The molecule has 2 N–H and O–H groups in total. The van der Waals surface area contributed by atoms with Crippen LogP contribution in [0, 0.1) is 11.8 Å². The molecule has 1 aromatic rings. The SMILES string of the molecule is CCCc1nc(C2CCC(C(C)C)CC2)sc1CN. The summed E-state index contributed by atoms with van der Waals surface area (Å²) in [6, 6.07) is 0. The maximum Gasteiger partial charge on any atom is 0.0962 e. The molecule has 0 aromatic carbocycles. The lowest BCUT2D eigenvalue weighted by molar-refractivity contribution is 0.258. The number of aromatic nitrogens is 1. The van der Waals surface area contributed by atoms with E-state index in [1.165, 1.54) is 41.3 Å². The van der Waals surface area contributed by atoms with E-state index in [2.05, 4.69) is 20.8 Å². The van der Waals surface area contributed by atoms with Crippen LogP contribution in [0.1, 0.15) is 74.4 Å². The molecular weight excluding hydrogens is 252 g/mol. The predicted molar refractivity (Wildman–Crippen MR) is 83.5 cm³/mol. The molecule has 2 nitrogen and oxygen atoms in total. The van der Waals surface area contributed by atoms with Crippen molar-refractivity contribution >= 4 is 11.3 Å². The van der Waals surface area contributed by atoms with Gasteiger partial charge in [-0.3, -0.25) is 0 Å². The van der Waals surface area contributed by atoms with Crippen molar-refractivity contribution in [1.29, 1.82) is 0 Å². The van der Waals surface area contributed by atoms with E-state index >= 15 is 0 Å². The van der Waals surface area contributed by atoms with Crippen molar-refractivity contribution in [3.8, 4) is 0 Å². The minimum Gasteiger partial charge on any atom is -0.326 e. The summed E-state index contributed by atoms with van der Waals surface area (Å²) >= 11 is 1.88. The van der Waals surface area contributed by atoms with Gasteiger partial charge in [0.25, 0.3) is 0 Å². The summed E-state index contributed by atoms with van der Waals surface area (Å²) in [5.74, 6) is 2.48. The predicted octanol–water partition coefficient (Wildman–Crippen LogP) is 4.48. The van der Waals surface area contributed by atoms with E-state index in [1.807, 2.05) is 11.3 Å². The first kappa shape index (κ1) is 15.0. The normalized spacial score (nSPS) is 24.1. The highest BCUT2D eigenvalue weighted by Crippen LogP contribution is 2.40. The molecule has 1 aliphatic carbocycles. The highest BCUT2D eigenvalue weighted by molar-refractivity contribution is 7.11. The second kappa shape index (κ2) is 6.85. The Kier molecular flexibility index (Phi) is 5.40. The summed E-state index contributed by atoms with van der Waals surface area (Å²) in [7, 11) is 0. The third kappa shape index (κ3) is 3.57. The van der Waals surface area contributed by atoms with E-state index in [0.717, 1.165) is 24.7 Å². The number of nitrogens with zero attached hydrogens (tertiary/aromatic N) is 1. The van der Waals surface area contributed by atoms with E-state index in [9.17, 15) is 0 Å². The Hall–Kier alpha value is -0.410. The van der Waals surface area contributed by atoms with E-state index in [1.54, 1.807) is 0 Å². The first-order chi connectivity index (χ1) is 9.15. The molecule has 0 saturated heterocycles. The van der Waals surface area contributed by atoms with Gasteiger partial charge in [0, 0.05) is 17.3 Å². The van der Waals surface area contributed by atoms with Crippen LogP contribution in [0.15, 0.2) is 0 Å². The number of nitrogens with two attached hydrogens (primary N) is 1. The molecule has 0 bridgehead atoms. The van der Waals surface area contributed by atoms with Gasteiger partial charge < -0.3 is 5.73 Å². The average Bonchev–Trinajstić information content (AvgIpc) is 2.82. The Morgan fingerprint density at radius 3 is 2.47 bits per heavy atom. The third-order valence-corrected chi connectivity index (χ3v) is 5.81. The second-order valence-corrected chi connectivity index (χ2v) is 7.35. The minimum absolute atomic E-state index is 0.661. The summed E-state index contributed by atoms with van der Waals surface area (Å²) in [6.07, 6.45) is 7.66. The highest BCUT2D eigenvalue weighted by Gasteiger charge is 2.26. The largest absolute Gasteiger partial charge is 0.326 e. The summed E-state index contributed by atoms with van der Waals surface area (Å²) in [5.41, 5.74) is 7.13. The first-order valence-electron chi connectivity index (χ1n) is 7.84. The van der Waals surface area contributed by atoms with Crippen LogP contribution in [0.25, 0.3) is 0 Å². The smallest absolute Gasteiger partial charge is 0.0962 e. The molecule has 2 rings (SSSR count). The molecule has 0 aliphatic heterocycles. The molecule has 0 radical (unpaired) electrons. The van der Waals surface area contributed by atoms with Crippen LogP contribution in [-0.4, -0.2) is 4.98 Å². The van der Waals surface area contributed by atoms with Crippen LogP contribution in [0.4, 0.5) is 0 Å². The van der Waals surface area contributed by atoms with Gasteiger partial charge >= 0.3 is 0 Å². The molecular formula is C16H28N2S. The van der Waals surface area contributed by atoms with Gasteiger partial charge in [-0.1, -0.05) is 27.2 Å². The van der Waals surface area contributed by atoms with E-state index in [4.69, 9.17) is 10.7 Å². The Labute approximate surface area is 121 Å². The molecule has 1 aromatic heterocycles. The van der Waals surface area contributed by atoms with Gasteiger partial charge in [0.2, 0.25) is 0 Å². The Morgan fingerprint density at radius 1 is 1.26 bits per heavy atom. The van der Waals surface area contributed by atoms with Crippen molar-refractivity contribution in [3.63, 3.8) is 0 Å². The van der Waals surface area contributed by atoms with Crippen LogP contribution in [0.5, 0.6) is 0 Å². The number of thiazole rings is 1. The van der Waals surface area contributed by atoms with Gasteiger partial charge in [0.1, 0.15) is 0 Å². The highest BCUT2D eigenvalue weighted by atomic mass is 32.1. The Morgan fingerprint density at radius 2 is 1.95 bits per heavy atom. The van der Waals surface area contributed by atoms with E-state index in [-0.39, 0.29) is 0 Å². The lowest BCUT2D eigenvalue weighted by Gasteiger charge is -2.29. The van der Waals surface area contributed by atoms with Crippen LogP contribution in [0.2, 0.25) is 0 Å². The second-order valence-electron chi connectivity index (χ2n) is 6.23. The topological polar surface area (TPSA) is 38.9 Å². The first-order valence-corrected chi connectivity index (χ1v) is 8.65. The minimum atomic E-state index is 0.661. The number of aryl methyl sites for hydroxylation is 1. The number of rotatable bonds is 5. The summed E-state index contributed by atoms with van der Waals surface area (Å²) in [6.45, 7) is 7.60. The van der Waals surface area contributed by atoms with Gasteiger partial charge in [0.15, 0.2) is 0 Å². The molecule has 3 heteroatoms. The van der Waals surface area contributed by atoms with Gasteiger partial charge in [-0.05, 0) is 43.9 Å². The zero-order valence-electron chi connectivity index (χ0n) is 12.6. The molecule has 1 fully saturated rings. The fraction of sp³-hybridized carbons (Fsp3) is 0.812. The maximum absolute atomic E-state index is 5.86. The molecule has 0 spiro atoms. The monoisotopic (exact) mass is 280 g/mol. The molecule has 108 valence electrons. The van der Waals surface area contributed by atoms with Crippen molar-refractivity contribution in [2.75, 3.05) is 0 Å². The standard InChI is InChI=1S/C16H28N2S/c1-4-5-14-15(10-17)19-16(18-14)13-8-6-12(7-9-13)11(2)3/h11-13H,4-10,17H2,1-3H3. The number of hydrogen-bond acceptors (Lipinski definition) is 3. The molecule has 1 saturated carbocycles. The average molecular weight is 280 g/mol. The van der Waals surface area contributed by atoms with Gasteiger partial charge in [-0.25, -0.2) is 4.98 Å². The summed E-state index contributed by atoms with van der Waals surface area (Å²) in [4.78, 5) is 6.22. The molecule has 0 amide bonds. The quantitative estimate of drug-likeness (QED) is 0.863. The van der Waals surface area contributed by atoms with Crippen LogP contribution in [-0.2, 0) is 13.0 Å². The lowest BCUT2D eigenvalue weighted by atomic mass is 9.77. The van der Waals surface area contributed by atoms with Crippen LogP contribution < -0.4 is 5.73 Å². The van der Waals surface area contributed by atoms with Gasteiger partial charge in [-0.2, -0.15) is 0 Å². The maximum atomic E-state index is 5.86. The van der Waals surface area contributed by atoms with Gasteiger partial charge in [-0.15, -0.1) is 11.3 Å². The van der Waals surface area contributed by atoms with Crippen molar-refractivity contribution in [2.24, 2.45) is 17.6 Å². The zero-order chi connectivity index (χ0) is 13.8. The Balaban J connectivity index is 2.03. The zero-order valence-corrected chi connectivity index (χ0v) is 13.4. The molecule has 0 unspecified atom stereocenters. The molecule has 1 aliphatic rings. The van der Waals surface area contributed by atoms with Crippen molar-refractivity contribution < 1.29 is 0 Å². The summed E-state index contributed by atoms with van der Waals surface area (Å²) in [5, 5.41) is 1.37. The Bertz CT molecular complexity index is 389. The molecule has 1 heterocycles. The van der Waals surface area contributed by atoms with Gasteiger partial charge in [0.05, 0.1) is 10.7 Å². The lowest BCUT2D eigenvalue weighted by Crippen LogP contribution is -2.17. The van der Waals surface area contributed by atoms with Crippen molar-refractivity contribution in [2.45, 2.75) is 71.8 Å². The van der Waals surface area contributed by atoms with Crippen LogP contribution >= 0.6 is 11.3 Å². The molecule has 19 heavy (non-hydrogen) atoms. The van der Waals surface area contributed by atoms with Crippen molar-refractivity contribution in [3.05, 3.63) is 15.6 Å². The van der Waals surface area contributed by atoms with E-state index in [0.29, 0.717) is 12.5 Å². The van der Waals surface area contributed by atoms with Crippen molar-refractivity contribution in [1.82, 2.24) is 4.98 Å². The van der Waals surface area contributed by atoms with Crippen LogP contribution in [0.3, 0.4) is 0 Å². The molecule has 0 atom stereocenters. The summed E-state index contributed by atoms with van der Waals surface area (Å²) < 4.78 is 0. The number of hydrogen-bond donors (Lipinski definition) is 1. The fourth-order valence-corrected chi connectivity index (χ4v) is 4.36. The fourth-order valence-electron chi connectivity index (χ4n) is 3.20. The van der Waals surface area contributed by atoms with E-state index < -0.39 is 0 Å². The third-order valence-electron chi connectivity index (χ3n) is 4.53.